The number of nitrogens with one attached hydrogen (secondary N) is 1. The Morgan fingerprint density at radius 2 is 2.11 bits per heavy atom. The van der Waals surface area contributed by atoms with Crippen molar-refractivity contribution < 1.29 is 0 Å². The molecule has 0 aliphatic heterocycles. The molecule has 0 saturated heterocycles. The summed E-state index contributed by atoms with van der Waals surface area (Å²) < 4.78 is 0. The maximum Gasteiger partial charge on any atom is 0.0349 e. The van der Waals surface area contributed by atoms with Gasteiger partial charge in [0.2, 0.25) is 0 Å². The fourth-order valence-electron chi connectivity index (χ4n) is 2.79. The zero-order valence-corrected chi connectivity index (χ0v) is 11.5. The lowest BCUT2D eigenvalue weighted by molar-refractivity contribution is 0.386. The van der Waals surface area contributed by atoms with Gasteiger partial charge in [-0.25, -0.2) is 0 Å². The molecular weight excluding hydrogens is 220 g/mol. The van der Waals surface area contributed by atoms with Gasteiger partial charge in [0, 0.05) is 23.8 Å². The Bertz CT molecular complexity index is 502. The minimum absolute atomic E-state index is 0.413. The molecular formula is C16H22N2. The largest absolute Gasteiger partial charge is 0.313 e. The van der Waals surface area contributed by atoms with Crippen LogP contribution in [0.15, 0.2) is 36.7 Å². The van der Waals surface area contributed by atoms with Crippen LogP contribution in [0.4, 0.5) is 0 Å². The van der Waals surface area contributed by atoms with E-state index in [4.69, 9.17) is 0 Å². The fourth-order valence-corrected chi connectivity index (χ4v) is 2.79. The molecule has 0 fully saturated rings. The van der Waals surface area contributed by atoms with Crippen molar-refractivity contribution in [2.75, 3.05) is 7.05 Å². The smallest absolute Gasteiger partial charge is 0.0349 e. The van der Waals surface area contributed by atoms with Gasteiger partial charge < -0.3 is 5.32 Å². The first-order chi connectivity index (χ1) is 8.77. The highest BCUT2D eigenvalue weighted by Crippen LogP contribution is 2.30. The van der Waals surface area contributed by atoms with E-state index in [0.717, 1.165) is 0 Å². The number of rotatable bonds is 5. The van der Waals surface area contributed by atoms with Gasteiger partial charge in [-0.3, -0.25) is 4.98 Å². The number of benzene rings is 1. The SMILES string of the molecule is CCCC(C)C(NC)c1cccc2cnccc12. The summed E-state index contributed by atoms with van der Waals surface area (Å²) in [7, 11) is 2.05. The summed E-state index contributed by atoms with van der Waals surface area (Å²) in [5.41, 5.74) is 1.39. The van der Waals surface area contributed by atoms with Crippen LogP contribution in [0.3, 0.4) is 0 Å². The molecule has 0 aliphatic carbocycles. The monoisotopic (exact) mass is 242 g/mol. The Morgan fingerprint density at radius 3 is 2.83 bits per heavy atom. The van der Waals surface area contributed by atoms with E-state index < -0.39 is 0 Å². The first-order valence-electron chi connectivity index (χ1n) is 6.77. The van der Waals surface area contributed by atoms with Crippen LogP contribution in [0, 0.1) is 5.92 Å². The van der Waals surface area contributed by atoms with Gasteiger partial charge in [0.1, 0.15) is 0 Å². The second-order valence-corrected chi connectivity index (χ2v) is 4.98. The van der Waals surface area contributed by atoms with Crippen LogP contribution in [0.25, 0.3) is 10.8 Å². The Morgan fingerprint density at radius 1 is 1.28 bits per heavy atom. The summed E-state index contributed by atoms with van der Waals surface area (Å²) in [6.45, 7) is 4.57. The van der Waals surface area contributed by atoms with Crippen molar-refractivity contribution in [2.24, 2.45) is 5.92 Å². The van der Waals surface area contributed by atoms with Crippen LogP contribution in [0.2, 0.25) is 0 Å². The van der Waals surface area contributed by atoms with Gasteiger partial charge >= 0.3 is 0 Å². The number of nitrogens with zero attached hydrogens (tertiary/aromatic N) is 1. The number of pyridine rings is 1. The molecule has 0 spiro atoms. The van der Waals surface area contributed by atoms with Gasteiger partial charge in [-0.1, -0.05) is 38.5 Å². The van der Waals surface area contributed by atoms with Crippen LogP contribution >= 0.6 is 0 Å². The van der Waals surface area contributed by atoms with Gasteiger partial charge in [0.15, 0.2) is 0 Å². The Labute approximate surface area is 109 Å². The maximum absolute atomic E-state index is 4.20. The topological polar surface area (TPSA) is 24.9 Å². The Balaban J connectivity index is 2.44. The summed E-state index contributed by atoms with van der Waals surface area (Å²) in [4.78, 5) is 4.20. The normalized spacial score (nSPS) is 14.6. The molecule has 2 nitrogen and oxygen atoms in total. The first-order valence-corrected chi connectivity index (χ1v) is 6.77. The lowest BCUT2D eigenvalue weighted by Crippen LogP contribution is -2.23. The zero-order valence-electron chi connectivity index (χ0n) is 11.5. The summed E-state index contributed by atoms with van der Waals surface area (Å²) >= 11 is 0. The molecule has 0 saturated carbocycles. The van der Waals surface area contributed by atoms with Crippen molar-refractivity contribution in [3.05, 3.63) is 42.2 Å². The fraction of sp³-hybridized carbons (Fsp3) is 0.438. The van der Waals surface area contributed by atoms with E-state index in [1.165, 1.54) is 29.2 Å². The highest BCUT2D eigenvalue weighted by atomic mass is 14.9. The lowest BCUT2D eigenvalue weighted by atomic mass is 9.88. The van der Waals surface area contributed by atoms with Gasteiger partial charge in [0.25, 0.3) is 0 Å². The van der Waals surface area contributed by atoms with E-state index in [0.29, 0.717) is 12.0 Å². The molecule has 2 unspecified atom stereocenters. The predicted molar refractivity (Wildman–Crippen MR) is 77.6 cm³/mol. The van der Waals surface area contributed by atoms with Crippen molar-refractivity contribution >= 4 is 10.8 Å². The number of hydrogen-bond donors (Lipinski definition) is 1. The Kier molecular flexibility index (Phi) is 4.32. The van der Waals surface area contributed by atoms with E-state index in [9.17, 15) is 0 Å². The molecule has 1 aromatic carbocycles. The van der Waals surface area contributed by atoms with Crippen LogP contribution < -0.4 is 5.32 Å². The zero-order chi connectivity index (χ0) is 13.0. The molecule has 18 heavy (non-hydrogen) atoms. The highest BCUT2D eigenvalue weighted by Gasteiger charge is 2.18. The van der Waals surface area contributed by atoms with Crippen molar-refractivity contribution in [1.29, 1.82) is 0 Å². The molecule has 96 valence electrons. The minimum Gasteiger partial charge on any atom is -0.313 e. The summed E-state index contributed by atoms with van der Waals surface area (Å²) in [6.07, 6.45) is 6.29. The molecule has 2 atom stereocenters. The molecule has 0 radical (unpaired) electrons. The van der Waals surface area contributed by atoms with Crippen LogP contribution in [0.1, 0.15) is 38.3 Å². The van der Waals surface area contributed by atoms with Crippen LogP contribution in [-0.4, -0.2) is 12.0 Å². The second kappa shape index (κ2) is 5.96. The van der Waals surface area contributed by atoms with E-state index in [2.05, 4.69) is 55.5 Å². The van der Waals surface area contributed by atoms with E-state index >= 15 is 0 Å². The molecule has 2 rings (SSSR count). The predicted octanol–water partition coefficient (Wildman–Crippen LogP) is 3.93. The quantitative estimate of drug-likeness (QED) is 0.859. The average Bonchev–Trinajstić information content (AvgIpc) is 2.40. The van der Waals surface area contributed by atoms with Gasteiger partial charge in [0.05, 0.1) is 0 Å². The average molecular weight is 242 g/mol. The molecule has 1 heterocycles. The first kappa shape index (κ1) is 13.0. The third kappa shape index (κ3) is 2.54. The molecule has 0 amide bonds. The number of aromatic nitrogens is 1. The lowest BCUT2D eigenvalue weighted by Gasteiger charge is -2.25. The molecule has 2 aromatic rings. The molecule has 0 aliphatic rings. The van der Waals surface area contributed by atoms with Crippen molar-refractivity contribution in [1.82, 2.24) is 10.3 Å². The maximum atomic E-state index is 4.20. The highest BCUT2D eigenvalue weighted by molar-refractivity contribution is 5.85. The van der Waals surface area contributed by atoms with E-state index in [1.807, 2.05) is 12.4 Å². The third-order valence-corrected chi connectivity index (χ3v) is 3.67. The van der Waals surface area contributed by atoms with Gasteiger partial charge in [-0.2, -0.15) is 0 Å². The van der Waals surface area contributed by atoms with Crippen molar-refractivity contribution in [3.8, 4) is 0 Å². The number of hydrogen-bond acceptors (Lipinski definition) is 2. The summed E-state index contributed by atoms with van der Waals surface area (Å²) in [6, 6.07) is 9.02. The molecule has 1 aromatic heterocycles. The van der Waals surface area contributed by atoms with E-state index in [1.54, 1.807) is 0 Å². The summed E-state index contributed by atoms with van der Waals surface area (Å²) in [5, 5.41) is 6.01. The van der Waals surface area contributed by atoms with Crippen molar-refractivity contribution in [2.45, 2.75) is 32.7 Å². The molecule has 0 bridgehead atoms. The number of fused-ring (bicyclic) bond motifs is 1. The van der Waals surface area contributed by atoms with Gasteiger partial charge in [-0.15, -0.1) is 0 Å². The molecule has 2 heteroatoms. The summed E-state index contributed by atoms with van der Waals surface area (Å²) in [5.74, 6) is 0.638. The molecule has 1 N–H and O–H groups in total. The standard InChI is InChI=1S/C16H22N2/c1-4-6-12(2)16(17-3)15-8-5-7-13-11-18-10-9-14(13)15/h5,7-12,16-17H,4,6H2,1-3H3. The van der Waals surface area contributed by atoms with Crippen LogP contribution in [0.5, 0.6) is 0 Å². The second-order valence-electron chi connectivity index (χ2n) is 4.98. The van der Waals surface area contributed by atoms with Crippen molar-refractivity contribution in [3.63, 3.8) is 0 Å². The third-order valence-electron chi connectivity index (χ3n) is 3.67. The van der Waals surface area contributed by atoms with Gasteiger partial charge in [-0.05, 0) is 36.4 Å². The minimum atomic E-state index is 0.413. The Hall–Kier alpha value is -1.41. The van der Waals surface area contributed by atoms with Crippen LogP contribution in [-0.2, 0) is 0 Å². The van der Waals surface area contributed by atoms with E-state index in [-0.39, 0.29) is 0 Å².